The van der Waals surface area contributed by atoms with E-state index >= 15 is 0 Å². The molecule has 0 saturated heterocycles. The highest BCUT2D eigenvalue weighted by Gasteiger charge is 2.20. The summed E-state index contributed by atoms with van der Waals surface area (Å²) in [5.74, 6) is 2.20. The molecule has 2 aromatic carbocycles. The molecule has 1 aliphatic heterocycles. The Bertz CT molecular complexity index is 1030. The second kappa shape index (κ2) is 6.09. The van der Waals surface area contributed by atoms with Crippen LogP contribution in [-0.4, -0.2) is 23.8 Å². The minimum atomic E-state index is 0.0206. The zero-order valence-electron chi connectivity index (χ0n) is 14.2. The number of fused-ring (bicyclic) bond motifs is 2. The van der Waals surface area contributed by atoms with Crippen molar-refractivity contribution in [3.63, 3.8) is 0 Å². The van der Waals surface area contributed by atoms with Crippen molar-refractivity contribution in [3.05, 3.63) is 64.2 Å². The molecule has 126 valence electrons. The molecule has 0 unspecified atom stereocenters. The van der Waals surface area contributed by atoms with Gasteiger partial charge in [-0.15, -0.1) is 0 Å². The van der Waals surface area contributed by atoms with Crippen LogP contribution in [0.3, 0.4) is 0 Å². The molecule has 0 atom stereocenters. The zero-order chi connectivity index (χ0) is 17.4. The maximum atomic E-state index is 12.7. The molecule has 0 fully saturated rings. The first-order valence-electron chi connectivity index (χ1n) is 8.13. The van der Waals surface area contributed by atoms with E-state index in [1.165, 1.54) is 0 Å². The first-order chi connectivity index (χ1) is 12.2. The van der Waals surface area contributed by atoms with E-state index in [-0.39, 0.29) is 5.56 Å². The summed E-state index contributed by atoms with van der Waals surface area (Å²) in [5, 5.41) is 0.663. The van der Waals surface area contributed by atoms with E-state index in [1.807, 2.05) is 48.5 Å². The second-order valence-electron chi connectivity index (χ2n) is 5.97. The first-order valence-corrected chi connectivity index (χ1v) is 8.13. The van der Waals surface area contributed by atoms with Gasteiger partial charge in [0, 0.05) is 12.6 Å². The molecule has 0 amide bonds. The maximum Gasteiger partial charge on any atom is 0.261 e. The molecule has 2 heterocycles. The molecule has 0 radical (unpaired) electrons. The van der Waals surface area contributed by atoms with Crippen LogP contribution in [0.2, 0.25) is 0 Å². The third kappa shape index (κ3) is 2.67. The van der Waals surface area contributed by atoms with Gasteiger partial charge in [0.25, 0.3) is 5.56 Å². The molecule has 25 heavy (non-hydrogen) atoms. The molecule has 0 N–H and O–H groups in total. The number of aromatic nitrogens is 2. The Morgan fingerprint density at radius 2 is 1.80 bits per heavy atom. The highest BCUT2D eigenvalue weighted by molar-refractivity contribution is 5.85. The third-order valence-electron chi connectivity index (χ3n) is 4.47. The van der Waals surface area contributed by atoms with Crippen LogP contribution in [0.1, 0.15) is 17.8 Å². The van der Waals surface area contributed by atoms with Gasteiger partial charge in [0.15, 0.2) is 0 Å². The number of allylic oxidation sites excluding steroid dienone is 1. The van der Waals surface area contributed by atoms with Gasteiger partial charge >= 0.3 is 0 Å². The highest BCUT2D eigenvalue weighted by atomic mass is 16.5. The summed E-state index contributed by atoms with van der Waals surface area (Å²) in [6.07, 6.45) is 2.82. The van der Waals surface area contributed by atoms with E-state index in [0.717, 1.165) is 40.4 Å². The van der Waals surface area contributed by atoms with Crippen LogP contribution < -0.4 is 15.0 Å². The average Bonchev–Trinajstić information content (AvgIpc) is 3.04. The molecule has 0 spiro atoms. The fourth-order valence-electron chi connectivity index (χ4n) is 3.22. The van der Waals surface area contributed by atoms with Gasteiger partial charge in [0.2, 0.25) is 0 Å². The molecular weight excluding hydrogens is 316 g/mol. The van der Waals surface area contributed by atoms with Crippen LogP contribution in [0.15, 0.2) is 47.3 Å². The van der Waals surface area contributed by atoms with Crippen molar-refractivity contribution < 1.29 is 9.47 Å². The van der Waals surface area contributed by atoms with Crippen molar-refractivity contribution in [3.8, 4) is 11.5 Å². The molecule has 3 aromatic rings. The summed E-state index contributed by atoms with van der Waals surface area (Å²) in [4.78, 5) is 17.4. The van der Waals surface area contributed by atoms with Gasteiger partial charge in [0.1, 0.15) is 17.3 Å². The third-order valence-corrected chi connectivity index (χ3v) is 4.47. The number of hydrogen-bond acceptors (Lipinski definition) is 4. The van der Waals surface area contributed by atoms with Crippen molar-refractivity contribution in [2.24, 2.45) is 0 Å². The Labute approximate surface area is 145 Å². The highest BCUT2D eigenvalue weighted by Crippen LogP contribution is 2.30. The monoisotopic (exact) mass is 334 g/mol. The van der Waals surface area contributed by atoms with Gasteiger partial charge in [-0.1, -0.05) is 12.1 Å². The Balaban J connectivity index is 1.86. The fourth-order valence-corrected chi connectivity index (χ4v) is 3.22. The number of hydrogen-bond donors (Lipinski definition) is 0. The van der Waals surface area contributed by atoms with E-state index in [2.05, 4.69) is 0 Å². The van der Waals surface area contributed by atoms with E-state index < -0.39 is 0 Å². The Morgan fingerprint density at radius 1 is 1.08 bits per heavy atom. The van der Waals surface area contributed by atoms with E-state index in [1.54, 1.807) is 18.8 Å². The van der Waals surface area contributed by atoms with Crippen LogP contribution >= 0.6 is 0 Å². The van der Waals surface area contributed by atoms with Crippen LogP contribution in [0.5, 0.6) is 11.5 Å². The molecule has 4 rings (SSSR count). The van der Waals surface area contributed by atoms with E-state index in [9.17, 15) is 4.79 Å². The van der Waals surface area contributed by atoms with Crippen molar-refractivity contribution >= 4 is 22.6 Å². The number of nitrogens with zero attached hydrogens (tertiary/aromatic N) is 2. The minimum Gasteiger partial charge on any atom is -0.497 e. The number of ether oxygens (including phenoxy) is 2. The first kappa shape index (κ1) is 15.4. The molecule has 0 saturated carbocycles. The Morgan fingerprint density at radius 3 is 2.52 bits per heavy atom. The predicted molar refractivity (Wildman–Crippen MR) is 98.0 cm³/mol. The van der Waals surface area contributed by atoms with Crippen LogP contribution in [0, 0.1) is 0 Å². The zero-order valence-corrected chi connectivity index (χ0v) is 14.2. The van der Waals surface area contributed by atoms with E-state index in [4.69, 9.17) is 14.5 Å². The number of benzene rings is 2. The van der Waals surface area contributed by atoms with Gasteiger partial charge in [0.05, 0.1) is 25.1 Å². The molecule has 0 bridgehead atoms. The normalized spacial score (nSPS) is 14.7. The summed E-state index contributed by atoms with van der Waals surface area (Å²) in [5.41, 5.74) is 2.75. The largest absolute Gasteiger partial charge is 0.497 e. The number of para-hydroxylation sites is 1. The average molecular weight is 334 g/mol. The lowest BCUT2D eigenvalue weighted by Gasteiger charge is -2.07. The van der Waals surface area contributed by atoms with Crippen molar-refractivity contribution in [2.45, 2.75) is 13.0 Å². The lowest BCUT2D eigenvalue weighted by molar-refractivity contribution is 0.394. The van der Waals surface area contributed by atoms with Crippen LogP contribution in [0.4, 0.5) is 0 Å². The lowest BCUT2D eigenvalue weighted by atomic mass is 10.1. The van der Waals surface area contributed by atoms with Gasteiger partial charge in [-0.3, -0.25) is 9.36 Å². The summed E-state index contributed by atoms with van der Waals surface area (Å²) in [6.45, 7) is 0.652. The SMILES string of the molecule is COc1cc(/C=C2/CCn3c2nc2ccccc2c3=O)cc(OC)c1. The molecule has 0 aliphatic carbocycles. The van der Waals surface area contributed by atoms with Crippen molar-refractivity contribution in [1.82, 2.24) is 9.55 Å². The topological polar surface area (TPSA) is 53.4 Å². The molecule has 5 heteroatoms. The van der Waals surface area contributed by atoms with Crippen LogP contribution in [0.25, 0.3) is 22.6 Å². The maximum absolute atomic E-state index is 12.7. The molecule has 1 aliphatic rings. The molecule has 1 aromatic heterocycles. The minimum absolute atomic E-state index is 0.0206. The summed E-state index contributed by atoms with van der Waals surface area (Å²) < 4.78 is 12.4. The second-order valence-corrected chi connectivity index (χ2v) is 5.97. The lowest BCUT2D eigenvalue weighted by Crippen LogP contribution is -2.20. The Hall–Kier alpha value is -3.08. The van der Waals surface area contributed by atoms with Gasteiger partial charge in [-0.2, -0.15) is 0 Å². The van der Waals surface area contributed by atoms with Crippen molar-refractivity contribution in [2.75, 3.05) is 14.2 Å². The fraction of sp³-hybridized carbons (Fsp3) is 0.200. The van der Waals surface area contributed by atoms with Crippen LogP contribution in [-0.2, 0) is 6.54 Å². The smallest absolute Gasteiger partial charge is 0.261 e. The summed E-state index contributed by atoms with van der Waals surface area (Å²) in [7, 11) is 3.26. The summed E-state index contributed by atoms with van der Waals surface area (Å²) >= 11 is 0. The number of rotatable bonds is 3. The van der Waals surface area contributed by atoms with Crippen molar-refractivity contribution in [1.29, 1.82) is 0 Å². The molecule has 5 nitrogen and oxygen atoms in total. The predicted octanol–water partition coefficient (Wildman–Crippen LogP) is 3.36. The quantitative estimate of drug-likeness (QED) is 0.737. The number of methoxy groups -OCH3 is 2. The summed E-state index contributed by atoms with van der Waals surface area (Å²) in [6, 6.07) is 13.2. The van der Waals surface area contributed by atoms with Gasteiger partial charge < -0.3 is 9.47 Å². The Kier molecular flexibility index (Phi) is 3.76. The molecular formula is C20H18N2O3. The van der Waals surface area contributed by atoms with E-state index in [0.29, 0.717) is 11.9 Å². The van der Waals surface area contributed by atoms with Gasteiger partial charge in [-0.05, 0) is 47.9 Å². The van der Waals surface area contributed by atoms with Gasteiger partial charge in [-0.25, -0.2) is 4.98 Å². The standard InChI is InChI=1S/C20H18N2O3/c1-24-15-10-13(11-16(12-15)25-2)9-14-7-8-22-19(14)21-18-6-4-3-5-17(18)20(22)23/h3-6,9-12H,7-8H2,1-2H3/b14-9-.